The van der Waals surface area contributed by atoms with Crippen molar-refractivity contribution < 1.29 is 23.8 Å². The molecule has 1 unspecified atom stereocenters. The Bertz CT molecular complexity index is 1090. The second-order valence-corrected chi connectivity index (χ2v) is 8.88. The fraction of sp³-hybridized carbons (Fsp3) is 0.286. The van der Waals surface area contributed by atoms with Crippen molar-refractivity contribution in [3.63, 3.8) is 0 Å². The Balaban J connectivity index is 1.63. The molecule has 3 aromatic carbocycles. The Morgan fingerprint density at radius 1 is 0.882 bits per heavy atom. The molecule has 3 aromatic rings. The molecule has 0 aliphatic heterocycles. The van der Waals surface area contributed by atoms with E-state index >= 15 is 0 Å². The summed E-state index contributed by atoms with van der Waals surface area (Å²) in [7, 11) is 1.29. The summed E-state index contributed by atoms with van der Waals surface area (Å²) in [5.41, 5.74) is 3.55. The number of amides is 1. The third-order valence-corrected chi connectivity index (χ3v) is 5.04. The molecule has 1 amide bonds. The lowest BCUT2D eigenvalue weighted by Crippen LogP contribution is -2.45. The molecule has 34 heavy (non-hydrogen) atoms. The highest BCUT2D eigenvalue weighted by Gasteiger charge is 2.25. The van der Waals surface area contributed by atoms with Crippen LogP contribution < -0.4 is 10.1 Å². The maximum absolute atomic E-state index is 12.2. The SMILES string of the molecule is COC(=O)C(Cc1ccc(OCc2ccccc2-c2ccccc2)cc1)NC(=O)OC(C)(C)C. The van der Waals surface area contributed by atoms with E-state index in [1.807, 2.05) is 54.6 Å². The number of benzene rings is 3. The van der Waals surface area contributed by atoms with E-state index in [0.717, 1.165) is 22.3 Å². The summed E-state index contributed by atoms with van der Waals surface area (Å²) >= 11 is 0. The van der Waals surface area contributed by atoms with Gasteiger partial charge >= 0.3 is 12.1 Å². The molecule has 0 aliphatic carbocycles. The summed E-state index contributed by atoms with van der Waals surface area (Å²) in [5, 5.41) is 2.59. The highest BCUT2D eigenvalue weighted by Crippen LogP contribution is 2.25. The molecule has 0 radical (unpaired) electrons. The minimum absolute atomic E-state index is 0.267. The van der Waals surface area contributed by atoms with E-state index < -0.39 is 23.7 Å². The van der Waals surface area contributed by atoms with Crippen LogP contribution in [0.4, 0.5) is 4.79 Å². The molecule has 3 rings (SSSR count). The lowest BCUT2D eigenvalue weighted by molar-refractivity contribution is -0.143. The van der Waals surface area contributed by atoms with Crippen LogP contribution in [0.25, 0.3) is 11.1 Å². The predicted molar refractivity (Wildman–Crippen MR) is 132 cm³/mol. The fourth-order valence-corrected chi connectivity index (χ4v) is 3.45. The van der Waals surface area contributed by atoms with Gasteiger partial charge in [0.25, 0.3) is 0 Å². The Labute approximate surface area is 200 Å². The van der Waals surface area contributed by atoms with Crippen LogP contribution in [0.1, 0.15) is 31.9 Å². The Morgan fingerprint density at radius 2 is 1.53 bits per heavy atom. The Morgan fingerprint density at radius 3 is 2.18 bits per heavy atom. The van der Waals surface area contributed by atoms with Crippen LogP contribution >= 0.6 is 0 Å². The van der Waals surface area contributed by atoms with Crippen LogP contribution in [0.15, 0.2) is 78.9 Å². The third-order valence-electron chi connectivity index (χ3n) is 5.04. The number of carbonyl (C=O) groups excluding carboxylic acids is 2. The number of carbonyl (C=O) groups is 2. The van der Waals surface area contributed by atoms with Gasteiger partial charge in [-0.2, -0.15) is 0 Å². The molecule has 0 spiro atoms. The van der Waals surface area contributed by atoms with E-state index in [-0.39, 0.29) is 6.42 Å². The molecule has 0 saturated heterocycles. The first-order chi connectivity index (χ1) is 16.2. The van der Waals surface area contributed by atoms with Crippen LogP contribution in [0.3, 0.4) is 0 Å². The number of rotatable bonds is 8. The van der Waals surface area contributed by atoms with Crippen molar-refractivity contribution in [2.24, 2.45) is 0 Å². The first-order valence-corrected chi connectivity index (χ1v) is 11.2. The maximum Gasteiger partial charge on any atom is 0.408 e. The highest BCUT2D eigenvalue weighted by atomic mass is 16.6. The number of hydrogen-bond donors (Lipinski definition) is 1. The van der Waals surface area contributed by atoms with Gasteiger partial charge < -0.3 is 19.5 Å². The van der Waals surface area contributed by atoms with Gasteiger partial charge in [-0.25, -0.2) is 9.59 Å². The molecule has 6 nitrogen and oxygen atoms in total. The van der Waals surface area contributed by atoms with Gasteiger partial charge in [-0.15, -0.1) is 0 Å². The highest BCUT2D eigenvalue weighted by molar-refractivity contribution is 5.81. The van der Waals surface area contributed by atoms with Gasteiger partial charge in [0.2, 0.25) is 0 Å². The number of ether oxygens (including phenoxy) is 3. The zero-order chi connectivity index (χ0) is 24.6. The molecular weight excluding hydrogens is 430 g/mol. The van der Waals surface area contributed by atoms with E-state index in [9.17, 15) is 9.59 Å². The molecule has 0 saturated carbocycles. The number of hydrogen-bond acceptors (Lipinski definition) is 5. The molecule has 0 bridgehead atoms. The van der Waals surface area contributed by atoms with Crippen LogP contribution in [0.5, 0.6) is 5.75 Å². The van der Waals surface area contributed by atoms with Crippen LogP contribution in [-0.2, 0) is 27.3 Å². The van der Waals surface area contributed by atoms with E-state index in [1.165, 1.54) is 7.11 Å². The quantitative estimate of drug-likeness (QED) is 0.446. The molecule has 178 valence electrons. The normalized spacial score (nSPS) is 11.9. The van der Waals surface area contributed by atoms with Crippen LogP contribution in [-0.4, -0.2) is 30.8 Å². The van der Waals surface area contributed by atoms with Crippen molar-refractivity contribution in [2.45, 2.75) is 45.4 Å². The standard InChI is InChI=1S/C28H31NO5/c1-28(2,3)34-27(31)29-25(26(30)32-4)18-20-14-16-23(17-15-20)33-19-22-12-8-9-13-24(22)21-10-6-5-7-11-21/h5-17,25H,18-19H2,1-4H3,(H,29,31). The van der Waals surface area contributed by atoms with E-state index in [4.69, 9.17) is 14.2 Å². The molecule has 0 aromatic heterocycles. The summed E-state index contributed by atoms with van der Waals surface area (Å²) in [4.78, 5) is 24.3. The van der Waals surface area contributed by atoms with Crippen LogP contribution in [0.2, 0.25) is 0 Å². The fourth-order valence-electron chi connectivity index (χ4n) is 3.45. The van der Waals surface area contributed by atoms with Gasteiger partial charge in [-0.05, 0) is 55.2 Å². The number of methoxy groups -OCH3 is 1. The molecule has 0 fully saturated rings. The van der Waals surface area contributed by atoms with Gasteiger partial charge in [-0.1, -0.05) is 66.7 Å². The summed E-state index contributed by atoms with van der Waals surface area (Å²) in [6.07, 6.45) is -0.400. The molecular formula is C28H31NO5. The Kier molecular flexibility index (Phi) is 8.30. The third kappa shape index (κ3) is 7.37. The average Bonchev–Trinajstić information content (AvgIpc) is 2.82. The van der Waals surface area contributed by atoms with E-state index in [2.05, 4.69) is 29.6 Å². The largest absolute Gasteiger partial charge is 0.489 e. The van der Waals surface area contributed by atoms with Crippen molar-refractivity contribution in [1.82, 2.24) is 5.32 Å². The zero-order valence-electron chi connectivity index (χ0n) is 20.0. The lowest BCUT2D eigenvalue weighted by Gasteiger charge is -2.22. The van der Waals surface area contributed by atoms with E-state index in [0.29, 0.717) is 12.4 Å². The van der Waals surface area contributed by atoms with Crippen molar-refractivity contribution >= 4 is 12.1 Å². The lowest BCUT2D eigenvalue weighted by atomic mass is 10.0. The van der Waals surface area contributed by atoms with Crippen molar-refractivity contribution in [3.8, 4) is 16.9 Å². The molecule has 0 heterocycles. The first-order valence-electron chi connectivity index (χ1n) is 11.2. The first kappa shape index (κ1) is 24.8. The van der Waals surface area contributed by atoms with Gasteiger partial charge in [0, 0.05) is 6.42 Å². The summed E-state index contributed by atoms with van der Waals surface area (Å²) in [6, 6.07) is 24.9. The average molecular weight is 462 g/mol. The second kappa shape index (κ2) is 11.4. The van der Waals surface area contributed by atoms with Gasteiger partial charge in [0.1, 0.15) is 24.0 Å². The minimum Gasteiger partial charge on any atom is -0.489 e. The minimum atomic E-state index is -0.857. The molecule has 1 N–H and O–H groups in total. The molecule has 1 atom stereocenters. The smallest absolute Gasteiger partial charge is 0.408 e. The molecule has 0 aliphatic rings. The number of alkyl carbamates (subject to hydrolysis) is 1. The van der Waals surface area contributed by atoms with Crippen molar-refractivity contribution in [1.29, 1.82) is 0 Å². The summed E-state index contributed by atoms with van der Waals surface area (Å²) < 4.78 is 16.1. The van der Waals surface area contributed by atoms with E-state index in [1.54, 1.807) is 20.8 Å². The molecule has 6 heteroatoms. The maximum atomic E-state index is 12.2. The monoisotopic (exact) mass is 461 g/mol. The van der Waals surface area contributed by atoms with Gasteiger partial charge in [0.15, 0.2) is 0 Å². The number of esters is 1. The topological polar surface area (TPSA) is 73.9 Å². The van der Waals surface area contributed by atoms with Gasteiger partial charge in [-0.3, -0.25) is 0 Å². The second-order valence-electron chi connectivity index (χ2n) is 8.88. The van der Waals surface area contributed by atoms with Crippen molar-refractivity contribution in [2.75, 3.05) is 7.11 Å². The van der Waals surface area contributed by atoms with Crippen molar-refractivity contribution in [3.05, 3.63) is 90.0 Å². The number of nitrogens with one attached hydrogen (secondary N) is 1. The summed E-state index contributed by atoms with van der Waals surface area (Å²) in [5.74, 6) is 0.171. The predicted octanol–water partition coefficient (Wildman–Crippen LogP) is 5.54. The summed E-state index contributed by atoms with van der Waals surface area (Å²) in [6.45, 7) is 5.71. The van der Waals surface area contributed by atoms with Gasteiger partial charge in [0.05, 0.1) is 7.11 Å². The van der Waals surface area contributed by atoms with Crippen LogP contribution in [0, 0.1) is 0 Å². The Hall–Kier alpha value is -3.80. The zero-order valence-corrected chi connectivity index (χ0v) is 20.0.